The Balaban J connectivity index is 1.54. The van der Waals surface area contributed by atoms with E-state index in [2.05, 4.69) is 25.7 Å². The van der Waals surface area contributed by atoms with E-state index in [4.69, 9.17) is 23.2 Å². The molecule has 0 saturated carbocycles. The number of hydrogen-bond donors (Lipinski definition) is 0. The fourth-order valence-electron chi connectivity index (χ4n) is 3.57. The highest BCUT2D eigenvalue weighted by molar-refractivity contribution is 7.98. The molecule has 0 atom stereocenters. The number of rotatable bonds is 5. The van der Waals surface area contributed by atoms with Gasteiger partial charge in [0, 0.05) is 22.7 Å². The van der Waals surface area contributed by atoms with Gasteiger partial charge in [-0.2, -0.15) is 0 Å². The van der Waals surface area contributed by atoms with Crippen molar-refractivity contribution in [3.8, 4) is 0 Å². The number of aromatic nitrogens is 4. The average Bonchev–Trinajstić information content (AvgIpc) is 3.12. The van der Waals surface area contributed by atoms with Crippen LogP contribution in [0.25, 0.3) is 26.9 Å². The second-order valence-electron chi connectivity index (χ2n) is 7.03. The Kier molecular flexibility index (Phi) is 5.29. The summed E-state index contributed by atoms with van der Waals surface area (Å²) >= 11 is 7.54. The summed E-state index contributed by atoms with van der Waals surface area (Å²) in [6, 6.07) is 23.6. The molecule has 31 heavy (non-hydrogen) atoms. The Bertz CT molecular complexity index is 1440. The van der Waals surface area contributed by atoms with Gasteiger partial charge >= 0.3 is 0 Å². The molecule has 5 rings (SSSR count). The molecule has 0 aliphatic rings. The van der Waals surface area contributed by atoms with Crippen LogP contribution in [0.4, 0.5) is 5.69 Å². The van der Waals surface area contributed by atoms with E-state index >= 15 is 0 Å². The van der Waals surface area contributed by atoms with Crippen molar-refractivity contribution in [2.75, 3.05) is 0 Å². The second-order valence-corrected chi connectivity index (χ2v) is 8.40. The van der Waals surface area contributed by atoms with E-state index in [1.807, 2.05) is 66.7 Å². The standard InChI is InChI=1S/C24H16ClN5S/c1-26-20-8-4-2-6-17(20)15-31-24-27-23-22(28-29-24)19-7-3-5-9-21(19)30(23)14-16-10-12-18(25)13-11-16/h2-13H,14-15H2. The molecule has 5 aromatic rings. The smallest absolute Gasteiger partial charge is 0.211 e. The molecular weight excluding hydrogens is 426 g/mol. The van der Waals surface area contributed by atoms with Crippen LogP contribution >= 0.6 is 23.4 Å². The van der Waals surface area contributed by atoms with Crippen LogP contribution in [0.1, 0.15) is 11.1 Å². The van der Waals surface area contributed by atoms with Crippen molar-refractivity contribution in [2.45, 2.75) is 17.5 Å². The van der Waals surface area contributed by atoms with Gasteiger partial charge < -0.3 is 4.57 Å². The van der Waals surface area contributed by atoms with Crippen molar-refractivity contribution in [3.05, 3.63) is 100 Å². The summed E-state index contributed by atoms with van der Waals surface area (Å²) in [5.74, 6) is 0.614. The third kappa shape index (κ3) is 3.86. The van der Waals surface area contributed by atoms with Gasteiger partial charge in [0.05, 0.1) is 12.1 Å². The minimum absolute atomic E-state index is 0.590. The molecule has 0 aliphatic carbocycles. The van der Waals surface area contributed by atoms with Crippen LogP contribution in [0.15, 0.2) is 78.0 Å². The third-order valence-corrected chi connectivity index (χ3v) is 6.22. The van der Waals surface area contributed by atoms with Gasteiger partial charge in [0.1, 0.15) is 5.52 Å². The number of benzene rings is 3. The molecular formula is C24H16ClN5S. The predicted octanol–water partition coefficient (Wildman–Crippen LogP) is 6.52. The molecule has 7 heteroatoms. The Morgan fingerprint density at radius 2 is 1.71 bits per heavy atom. The molecule has 0 N–H and O–H groups in total. The summed E-state index contributed by atoms with van der Waals surface area (Å²) in [4.78, 5) is 8.44. The van der Waals surface area contributed by atoms with Crippen LogP contribution in [0.3, 0.4) is 0 Å². The number of thioether (sulfide) groups is 1. The minimum Gasteiger partial charge on any atom is -0.319 e. The van der Waals surface area contributed by atoms with E-state index in [0.29, 0.717) is 28.2 Å². The summed E-state index contributed by atoms with van der Waals surface area (Å²) in [5.41, 5.74) is 5.40. The molecule has 5 nitrogen and oxygen atoms in total. The van der Waals surface area contributed by atoms with Gasteiger partial charge in [-0.1, -0.05) is 78.0 Å². The molecule has 0 bridgehead atoms. The van der Waals surface area contributed by atoms with Gasteiger partial charge in [-0.15, -0.1) is 10.2 Å². The highest BCUT2D eigenvalue weighted by Gasteiger charge is 2.15. The first-order valence-corrected chi connectivity index (χ1v) is 11.0. The average molecular weight is 442 g/mol. The van der Waals surface area contributed by atoms with E-state index in [1.165, 1.54) is 11.8 Å². The Hall–Kier alpha value is -3.40. The molecule has 150 valence electrons. The van der Waals surface area contributed by atoms with Crippen molar-refractivity contribution < 1.29 is 0 Å². The lowest BCUT2D eigenvalue weighted by molar-refractivity contribution is 0.814. The lowest BCUT2D eigenvalue weighted by Gasteiger charge is -2.08. The highest BCUT2D eigenvalue weighted by Crippen LogP contribution is 2.30. The first kappa shape index (κ1) is 19.6. The first-order valence-electron chi connectivity index (χ1n) is 9.67. The molecule has 0 saturated heterocycles. The monoisotopic (exact) mass is 441 g/mol. The zero-order chi connectivity index (χ0) is 21.2. The predicted molar refractivity (Wildman–Crippen MR) is 126 cm³/mol. The second kappa shape index (κ2) is 8.38. The van der Waals surface area contributed by atoms with Crippen molar-refractivity contribution in [1.29, 1.82) is 0 Å². The number of fused-ring (bicyclic) bond motifs is 3. The Morgan fingerprint density at radius 1 is 0.935 bits per heavy atom. The van der Waals surface area contributed by atoms with E-state index in [0.717, 1.165) is 33.2 Å². The van der Waals surface area contributed by atoms with Crippen LogP contribution in [0.5, 0.6) is 0 Å². The Labute approximate surface area is 188 Å². The quantitative estimate of drug-likeness (QED) is 0.230. The lowest BCUT2D eigenvalue weighted by atomic mass is 10.2. The van der Waals surface area contributed by atoms with Gasteiger partial charge in [0.25, 0.3) is 0 Å². The normalized spacial score (nSPS) is 11.1. The van der Waals surface area contributed by atoms with Gasteiger partial charge in [-0.3, -0.25) is 0 Å². The van der Waals surface area contributed by atoms with Crippen molar-refractivity contribution in [3.63, 3.8) is 0 Å². The fraction of sp³-hybridized carbons (Fsp3) is 0.0833. The Morgan fingerprint density at radius 3 is 2.55 bits per heavy atom. The van der Waals surface area contributed by atoms with Crippen LogP contribution < -0.4 is 0 Å². The topological polar surface area (TPSA) is 48.0 Å². The maximum Gasteiger partial charge on any atom is 0.211 e. The van der Waals surface area contributed by atoms with Crippen LogP contribution in [0, 0.1) is 6.57 Å². The van der Waals surface area contributed by atoms with Crippen LogP contribution in [-0.4, -0.2) is 19.7 Å². The van der Waals surface area contributed by atoms with Crippen molar-refractivity contribution in [2.24, 2.45) is 0 Å². The number of hydrogen-bond acceptors (Lipinski definition) is 4. The summed E-state index contributed by atoms with van der Waals surface area (Å²) in [6.45, 7) is 8.00. The summed E-state index contributed by atoms with van der Waals surface area (Å²) < 4.78 is 2.17. The number of nitrogens with zero attached hydrogens (tertiary/aromatic N) is 5. The van der Waals surface area contributed by atoms with E-state index in [1.54, 1.807) is 0 Å². The molecule has 0 spiro atoms. The molecule has 2 aromatic heterocycles. The summed E-state index contributed by atoms with van der Waals surface area (Å²) in [5, 5.41) is 11.2. The fourth-order valence-corrected chi connectivity index (χ4v) is 4.47. The van der Waals surface area contributed by atoms with Crippen LogP contribution in [-0.2, 0) is 12.3 Å². The van der Waals surface area contributed by atoms with Gasteiger partial charge in [0.2, 0.25) is 5.16 Å². The highest BCUT2D eigenvalue weighted by atomic mass is 35.5. The molecule has 2 heterocycles. The van der Waals surface area contributed by atoms with Gasteiger partial charge in [-0.25, -0.2) is 9.83 Å². The largest absolute Gasteiger partial charge is 0.319 e. The molecule has 0 unspecified atom stereocenters. The lowest BCUT2D eigenvalue weighted by Crippen LogP contribution is -2.02. The maximum atomic E-state index is 7.35. The summed E-state index contributed by atoms with van der Waals surface area (Å²) in [7, 11) is 0. The zero-order valence-electron chi connectivity index (χ0n) is 16.4. The van der Waals surface area contributed by atoms with E-state index in [9.17, 15) is 0 Å². The summed E-state index contributed by atoms with van der Waals surface area (Å²) in [6.07, 6.45) is 0. The minimum atomic E-state index is 0.590. The zero-order valence-corrected chi connectivity index (χ0v) is 17.9. The van der Waals surface area contributed by atoms with Crippen LogP contribution in [0.2, 0.25) is 5.02 Å². The SMILES string of the molecule is [C-]#[N+]c1ccccc1CSc1nnc2c3ccccc3n(Cc3ccc(Cl)cc3)c2n1. The van der Waals surface area contributed by atoms with Gasteiger partial charge in [-0.05, 0) is 29.3 Å². The van der Waals surface area contributed by atoms with Crippen molar-refractivity contribution in [1.82, 2.24) is 19.7 Å². The van der Waals surface area contributed by atoms with Gasteiger partial charge in [0.15, 0.2) is 11.3 Å². The molecule has 0 radical (unpaired) electrons. The number of para-hydroxylation sites is 2. The van der Waals surface area contributed by atoms with E-state index in [-0.39, 0.29) is 0 Å². The number of halogens is 1. The molecule has 0 fully saturated rings. The maximum absolute atomic E-state index is 7.35. The van der Waals surface area contributed by atoms with Crippen molar-refractivity contribution >= 4 is 51.1 Å². The molecule has 3 aromatic carbocycles. The van der Waals surface area contributed by atoms with E-state index < -0.39 is 0 Å². The molecule has 0 aliphatic heterocycles. The first-order chi connectivity index (χ1) is 15.2. The third-order valence-electron chi connectivity index (χ3n) is 5.08. The molecule has 0 amide bonds.